The van der Waals surface area contributed by atoms with Gasteiger partial charge in [-0.15, -0.1) is 0 Å². The summed E-state index contributed by atoms with van der Waals surface area (Å²) >= 11 is 0. The molecule has 6 nitrogen and oxygen atoms in total. The van der Waals surface area contributed by atoms with Crippen molar-refractivity contribution in [2.24, 2.45) is 5.73 Å². The Bertz CT molecular complexity index is 535. The SMILES string of the molecule is CCN(CC(=O)NC(N)=O)[C@H]1CCN([C@@H](C)c2ccccc2)C1. The number of hydrogen-bond acceptors (Lipinski definition) is 4. The highest BCUT2D eigenvalue weighted by Gasteiger charge is 2.30. The predicted octanol–water partition coefficient (Wildman–Crippen LogP) is 1.34. The van der Waals surface area contributed by atoms with Crippen molar-refractivity contribution in [1.29, 1.82) is 0 Å². The third kappa shape index (κ3) is 4.77. The Hall–Kier alpha value is -1.92. The van der Waals surface area contributed by atoms with Crippen LogP contribution in [0.4, 0.5) is 4.79 Å². The minimum Gasteiger partial charge on any atom is -0.351 e. The molecule has 3 amide bonds. The summed E-state index contributed by atoms with van der Waals surface area (Å²) in [5.41, 5.74) is 6.30. The predicted molar refractivity (Wildman–Crippen MR) is 89.8 cm³/mol. The second-order valence-corrected chi connectivity index (χ2v) is 6.00. The largest absolute Gasteiger partial charge is 0.351 e. The summed E-state index contributed by atoms with van der Waals surface area (Å²) in [6.07, 6.45) is 1.02. The highest BCUT2D eigenvalue weighted by atomic mass is 16.2. The second-order valence-electron chi connectivity index (χ2n) is 6.00. The van der Waals surface area contributed by atoms with Crippen molar-refractivity contribution in [3.63, 3.8) is 0 Å². The van der Waals surface area contributed by atoms with Crippen LogP contribution in [0.25, 0.3) is 0 Å². The van der Waals surface area contributed by atoms with Gasteiger partial charge in [0.15, 0.2) is 0 Å². The van der Waals surface area contributed by atoms with Crippen LogP contribution in [0.3, 0.4) is 0 Å². The Morgan fingerprint density at radius 1 is 1.39 bits per heavy atom. The molecule has 0 aliphatic carbocycles. The van der Waals surface area contributed by atoms with Crippen LogP contribution in [0, 0.1) is 0 Å². The van der Waals surface area contributed by atoms with Crippen LogP contribution in [0.2, 0.25) is 0 Å². The van der Waals surface area contributed by atoms with E-state index in [1.54, 1.807) is 0 Å². The Balaban J connectivity index is 1.92. The van der Waals surface area contributed by atoms with Crippen molar-refractivity contribution in [2.45, 2.75) is 32.4 Å². The molecule has 0 spiro atoms. The number of hydrogen-bond donors (Lipinski definition) is 2. The van der Waals surface area contributed by atoms with Gasteiger partial charge in [-0.1, -0.05) is 37.3 Å². The fourth-order valence-corrected chi connectivity index (χ4v) is 3.22. The van der Waals surface area contributed by atoms with Gasteiger partial charge in [0.25, 0.3) is 0 Å². The van der Waals surface area contributed by atoms with Gasteiger partial charge in [-0.3, -0.25) is 19.9 Å². The van der Waals surface area contributed by atoms with Crippen LogP contribution in [0.15, 0.2) is 30.3 Å². The molecule has 2 rings (SSSR count). The number of likely N-dealkylation sites (N-methyl/N-ethyl adjacent to an activating group) is 1. The summed E-state index contributed by atoms with van der Waals surface area (Å²) in [6, 6.07) is 10.3. The first kappa shape index (κ1) is 17.4. The van der Waals surface area contributed by atoms with Gasteiger partial charge in [0, 0.05) is 25.2 Å². The van der Waals surface area contributed by atoms with Gasteiger partial charge < -0.3 is 5.73 Å². The summed E-state index contributed by atoms with van der Waals surface area (Å²) in [6.45, 7) is 7.15. The van der Waals surface area contributed by atoms with Gasteiger partial charge in [0.1, 0.15) is 0 Å². The van der Waals surface area contributed by atoms with Crippen LogP contribution in [-0.4, -0.2) is 54.0 Å². The van der Waals surface area contributed by atoms with E-state index in [-0.39, 0.29) is 12.5 Å². The van der Waals surface area contributed by atoms with Gasteiger partial charge in [0.2, 0.25) is 5.91 Å². The molecule has 23 heavy (non-hydrogen) atoms. The number of imide groups is 1. The molecule has 1 heterocycles. The number of carbonyl (C=O) groups is 2. The van der Waals surface area contributed by atoms with Crippen LogP contribution >= 0.6 is 0 Å². The average molecular weight is 318 g/mol. The van der Waals surface area contributed by atoms with Crippen LogP contribution in [0.5, 0.6) is 0 Å². The topological polar surface area (TPSA) is 78.7 Å². The molecular weight excluding hydrogens is 292 g/mol. The third-order valence-corrected chi connectivity index (χ3v) is 4.56. The number of amides is 3. The monoisotopic (exact) mass is 318 g/mol. The molecule has 3 N–H and O–H groups in total. The molecule has 0 unspecified atom stereocenters. The number of rotatable bonds is 6. The lowest BCUT2D eigenvalue weighted by Gasteiger charge is -2.29. The van der Waals surface area contributed by atoms with Crippen molar-refractivity contribution < 1.29 is 9.59 Å². The van der Waals surface area contributed by atoms with Crippen LogP contribution in [-0.2, 0) is 4.79 Å². The zero-order valence-electron chi connectivity index (χ0n) is 13.9. The summed E-state index contributed by atoms with van der Waals surface area (Å²) < 4.78 is 0. The number of nitrogens with one attached hydrogen (secondary N) is 1. The molecule has 0 saturated carbocycles. The van der Waals surface area contributed by atoms with Crippen LogP contribution in [0.1, 0.15) is 31.9 Å². The van der Waals surface area contributed by atoms with Gasteiger partial charge >= 0.3 is 6.03 Å². The van der Waals surface area contributed by atoms with Gasteiger partial charge in [-0.2, -0.15) is 0 Å². The van der Waals surface area contributed by atoms with Crippen molar-refractivity contribution in [3.8, 4) is 0 Å². The summed E-state index contributed by atoms with van der Waals surface area (Å²) in [5.74, 6) is -0.339. The molecule has 0 aromatic heterocycles. The highest BCUT2D eigenvalue weighted by molar-refractivity contribution is 5.94. The number of primary amides is 1. The van der Waals surface area contributed by atoms with E-state index >= 15 is 0 Å². The van der Waals surface area contributed by atoms with Crippen molar-refractivity contribution in [3.05, 3.63) is 35.9 Å². The van der Waals surface area contributed by atoms with Gasteiger partial charge in [0.05, 0.1) is 6.54 Å². The first-order valence-electron chi connectivity index (χ1n) is 8.13. The molecule has 6 heteroatoms. The van der Waals surface area contributed by atoms with Crippen LogP contribution < -0.4 is 11.1 Å². The van der Waals surface area contributed by atoms with E-state index in [2.05, 4.69) is 46.3 Å². The maximum absolute atomic E-state index is 11.7. The van der Waals surface area contributed by atoms with Gasteiger partial charge in [-0.05, 0) is 25.5 Å². The molecule has 1 aromatic rings. The summed E-state index contributed by atoms with van der Waals surface area (Å²) in [7, 11) is 0. The number of benzene rings is 1. The minimum atomic E-state index is -0.795. The first-order chi connectivity index (χ1) is 11.0. The molecule has 1 fully saturated rings. The van der Waals surface area contributed by atoms with E-state index in [0.717, 1.165) is 26.1 Å². The lowest BCUT2D eigenvalue weighted by Crippen LogP contribution is -2.46. The fraction of sp³-hybridized carbons (Fsp3) is 0.529. The molecular formula is C17H26N4O2. The molecule has 1 saturated heterocycles. The highest BCUT2D eigenvalue weighted by Crippen LogP contribution is 2.26. The molecule has 0 radical (unpaired) electrons. The number of likely N-dealkylation sites (tertiary alicyclic amines) is 1. The summed E-state index contributed by atoms with van der Waals surface area (Å²) in [4.78, 5) is 27.1. The van der Waals surface area contributed by atoms with E-state index in [1.165, 1.54) is 5.56 Å². The third-order valence-electron chi connectivity index (χ3n) is 4.56. The number of nitrogens with zero attached hydrogens (tertiary/aromatic N) is 2. The molecule has 0 bridgehead atoms. The lowest BCUT2D eigenvalue weighted by atomic mass is 10.1. The Labute approximate surface area is 137 Å². The Morgan fingerprint density at radius 2 is 2.09 bits per heavy atom. The average Bonchev–Trinajstić information content (AvgIpc) is 3.01. The van der Waals surface area contributed by atoms with E-state index < -0.39 is 6.03 Å². The normalized spacial score (nSPS) is 19.7. The van der Waals surface area contributed by atoms with E-state index in [9.17, 15) is 9.59 Å². The van der Waals surface area contributed by atoms with E-state index in [4.69, 9.17) is 5.73 Å². The van der Waals surface area contributed by atoms with E-state index in [1.807, 2.05) is 13.0 Å². The molecule has 2 atom stereocenters. The maximum Gasteiger partial charge on any atom is 0.318 e. The van der Waals surface area contributed by atoms with E-state index in [0.29, 0.717) is 12.1 Å². The molecule has 1 aliphatic heterocycles. The quantitative estimate of drug-likeness (QED) is 0.829. The first-order valence-corrected chi connectivity index (χ1v) is 8.13. The van der Waals surface area contributed by atoms with Gasteiger partial charge in [-0.25, -0.2) is 4.79 Å². The van der Waals surface area contributed by atoms with Crippen molar-refractivity contribution in [2.75, 3.05) is 26.2 Å². The Morgan fingerprint density at radius 3 is 2.70 bits per heavy atom. The second kappa shape index (κ2) is 8.08. The number of nitrogens with two attached hydrogens (primary N) is 1. The Kier molecular flexibility index (Phi) is 6.12. The standard InChI is InChI=1S/C17H26N4O2/c1-3-20(12-16(22)19-17(18)23)15-9-10-21(11-15)13(2)14-7-5-4-6-8-14/h4-8,13,15H,3,9-12H2,1-2H3,(H3,18,19,22,23)/t13-,15-/m0/s1. The fourth-order valence-electron chi connectivity index (χ4n) is 3.22. The number of carbonyl (C=O) groups excluding carboxylic acids is 2. The maximum atomic E-state index is 11.7. The molecule has 1 aromatic carbocycles. The van der Waals surface area contributed by atoms with Crippen molar-refractivity contribution >= 4 is 11.9 Å². The zero-order chi connectivity index (χ0) is 16.8. The van der Waals surface area contributed by atoms with Crippen molar-refractivity contribution in [1.82, 2.24) is 15.1 Å². The molecule has 1 aliphatic rings. The zero-order valence-corrected chi connectivity index (χ0v) is 13.9. The lowest BCUT2D eigenvalue weighted by molar-refractivity contribution is -0.121. The minimum absolute atomic E-state index is 0.206. The summed E-state index contributed by atoms with van der Waals surface area (Å²) in [5, 5.41) is 2.14. The smallest absolute Gasteiger partial charge is 0.318 e. The number of urea groups is 1. The molecule has 126 valence electrons.